The summed E-state index contributed by atoms with van der Waals surface area (Å²) in [5.74, 6) is 0. The van der Waals surface area contributed by atoms with Crippen LogP contribution in [0.4, 0.5) is 0 Å². The summed E-state index contributed by atoms with van der Waals surface area (Å²) in [5, 5.41) is 4.28. The lowest BCUT2D eigenvalue weighted by Gasteiger charge is -2.37. The molecule has 1 aliphatic rings. The second-order valence-corrected chi connectivity index (χ2v) is 4.89. The normalized spacial score (nSPS) is 19.6. The van der Waals surface area contributed by atoms with Crippen molar-refractivity contribution >= 4 is 11.6 Å². The molecule has 88 valence electrons. The van der Waals surface area contributed by atoms with Gasteiger partial charge in [0.15, 0.2) is 0 Å². The van der Waals surface area contributed by atoms with Crippen LogP contribution in [0.1, 0.15) is 18.4 Å². The Bertz CT molecular complexity index is 348. The number of hydrogen-bond donors (Lipinski definition) is 1. The quantitative estimate of drug-likeness (QED) is 0.876. The maximum absolute atomic E-state index is 6.01. The predicted octanol–water partition coefficient (Wildman–Crippen LogP) is 2.65. The highest BCUT2D eigenvalue weighted by Gasteiger charge is 2.30. The predicted molar refractivity (Wildman–Crippen MR) is 67.0 cm³/mol. The fraction of sp³-hybridized carbons (Fsp3) is 0.538. The van der Waals surface area contributed by atoms with Gasteiger partial charge >= 0.3 is 0 Å². The lowest BCUT2D eigenvalue weighted by Crippen LogP contribution is -2.49. The Morgan fingerprint density at radius 3 is 2.75 bits per heavy atom. The van der Waals surface area contributed by atoms with Crippen LogP contribution < -0.4 is 5.32 Å². The third kappa shape index (κ3) is 2.76. The first-order valence-electron chi connectivity index (χ1n) is 5.75. The molecule has 16 heavy (non-hydrogen) atoms. The van der Waals surface area contributed by atoms with Gasteiger partial charge in [-0.05, 0) is 44.0 Å². The average Bonchev–Trinajstić information content (AvgIpc) is 2.30. The van der Waals surface area contributed by atoms with E-state index in [-0.39, 0.29) is 5.54 Å². The minimum Gasteiger partial charge on any atom is -0.381 e. The van der Waals surface area contributed by atoms with Crippen LogP contribution in [0.25, 0.3) is 0 Å². The summed E-state index contributed by atoms with van der Waals surface area (Å²) in [5.41, 5.74) is 1.48. The van der Waals surface area contributed by atoms with Crippen molar-refractivity contribution in [1.29, 1.82) is 0 Å². The van der Waals surface area contributed by atoms with Gasteiger partial charge in [0.05, 0.1) is 0 Å². The van der Waals surface area contributed by atoms with Gasteiger partial charge in [-0.3, -0.25) is 0 Å². The molecule has 0 radical (unpaired) electrons. The average molecular weight is 240 g/mol. The highest BCUT2D eigenvalue weighted by atomic mass is 35.5. The van der Waals surface area contributed by atoms with E-state index in [0.29, 0.717) is 0 Å². The largest absolute Gasteiger partial charge is 0.381 e. The molecule has 0 saturated carbocycles. The molecule has 1 N–H and O–H groups in total. The number of benzene rings is 1. The first kappa shape index (κ1) is 11.9. The molecular weight excluding hydrogens is 222 g/mol. The summed E-state index contributed by atoms with van der Waals surface area (Å²) >= 11 is 6.01. The van der Waals surface area contributed by atoms with Crippen LogP contribution >= 0.6 is 11.6 Å². The van der Waals surface area contributed by atoms with Gasteiger partial charge in [-0.25, -0.2) is 0 Å². The Morgan fingerprint density at radius 1 is 1.38 bits per heavy atom. The molecule has 0 spiro atoms. The Balaban J connectivity index is 2.11. The molecule has 1 aromatic carbocycles. The molecule has 0 aromatic heterocycles. The maximum atomic E-state index is 6.01. The van der Waals surface area contributed by atoms with Gasteiger partial charge in [0, 0.05) is 23.8 Å². The Hall–Kier alpha value is -0.570. The molecule has 0 bridgehead atoms. The molecule has 0 aliphatic carbocycles. The molecule has 1 saturated heterocycles. The summed E-state index contributed by atoms with van der Waals surface area (Å²) in [7, 11) is 2.04. The van der Waals surface area contributed by atoms with Gasteiger partial charge in [-0.2, -0.15) is 0 Å². The molecule has 1 heterocycles. The minimum absolute atomic E-state index is 0.183. The minimum atomic E-state index is 0.183. The van der Waals surface area contributed by atoms with Gasteiger partial charge in [0.25, 0.3) is 0 Å². The van der Waals surface area contributed by atoms with E-state index in [1.54, 1.807) is 0 Å². The molecule has 0 atom stereocenters. The van der Waals surface area contributed by atoms with E-state index in [2.05, 4.69) is 17.4 Å². The number of ether oxygens (including phenoxy) is 1. The van der Waals surface area contributed by atoms with Crippen LogP contribution in [0.2, 0.25) is 5.02 Å². The third-order valence-electron chi connectivity index (χ3n) is 3.41. The van der Waals surface area contributed by atoms with E-state index in [9.17, 15) is 0 Å². The van der Waals surface area contributed by atoms with E-state index in [1.165, 1.54) is 5.56 Å². The first-order chi connectivity index (χ1) is 7.74. The van der Waals surface area contributed by atoms with Gasteiger partial charge in [0.1, 0.15) is 0 Å². The molecule has 0 unspecified atom stereocenters. The number of halogens is 1. The second kappa shape index (κ2) is 5.17. The van der Waals surface area contributed by atoms with E-state index < -0.39 is 0 Å². The second-order valence-electron chi connectivity index (χ2n) is 4.45. The van der Waals surface area contributed by atoms with Crippen LogP contribution in [0.3, 0.4) is 0 Å². The smallest absolute Gasteiger partial charge is 0.0483 e. The number of likely N-dealkylation sites (N-methyl/N-ethyl adjacent to an activating group) is 1. The van der Waals surface area contributed by atoms with E-state index >= 15 is 0 Å². The van der Waals surface area contributed by atoms with Crippen LogP contribution in [0.15, 0.2) is 24.3 Å². The summed E-state index contributed by atoms with van der Waals surface area (Å²) in [6.45, 7) is 1.70. The molecular formula is C13H18ClNO. The molecule has 1 aromatic rings. The highest BCUT2D eigenvalue weighted by Crippen LogP contribution is 2.25. The van der Waals surface area contributed by atoms with Gasteiger partial charge in [-0.1, -0.05) is 23.7 Å². The van der Waals surface area contributed by atoms with E-state index in [1.807, 2.05) is 19.2 Å². The Kier molecular flexibility index (Phi) is 3.85. The Morgan fingerprint density at radius 2 is 2.12 bits per heavy atom. The van der Waals surface area contributed by atoms with Crippen LogP contribution in [0.5, 0.6) is 0 Å². The van der Waals surface area contributed by atoms with Gasteiger partial charge < -0.3 is 10.1 Å². The summed E-state index contributed by atoms with van der Waals surface area (Å²) in [4.78, 5) is 0. The van der Waals surface area contributed by atoms with E-state index in [4.69, 9.17) is 16.3 Å². The zero-order valence-corrected chi connectivity index (χ0v) is 10.4. The fourth-order valence-electron chi connectivity index (χ4n) is 2.31. The summed E-state index contributed by atoms with van der Waals surface area (Å²) < 4.78 is 5.42. The van der Waals surface area contributed by atoms with Crippen molar-refractivity contribution in [3.05, 3.63) is 34.9 Å². The molecule has 2 nitrogen and oxygen atoms in total. The molecule has 2 rings (SSSR count). The van der Waals surface area contributed by atoms with Crippen molar-refractivity contribution in [3.8, 4) is 0 Å². The van der Waals surface area contributed by atoms with Crippen molar-refractivity contribution in [3.63, 3.8) is 0 Å². The van der Waals surface area contributed by atoms with E-state index in [0.717, 1.165) is 37.5 Å². The number of nitrogens with one attached hydrogen (secondary N) is 1. The van der Waals surface area contributed by atoms with Gasteiger partial charge in [0.2, 0.25) is 0 Å². The highest BCUT2D eigenvalue weighted by molar-refractivity contribution is 6.30. The summed E-state index contributed by atoms with van der Waals surface area (Å²) in [6, 6.07) is 8.12. The number of hydrogen-bond acceptors (Lipinski definition) is 2. The standard InChI is InChI=1S/C13H18ClNO/c1-15-13(5-7-16-8-6-13)10-11-3-2-4-12(14)9-11/h2-4,9,15H,5-8,10H2,1H3. The van der Waals surface area contributed by atoms with Crippen molar-refractivity contribution < 1.29 is 4.74 Å². The molecule has 3 heteroatoms. The lowest BCUT2D eigenvalue weighted by molar-refractivity contribution is 0.0413. The van der Waals surface area contributed by atoms with Crippen LogP contribution in [-0.2, 0) is 11.2 Å². The van der Waals surface area contributed by atoms with Crippen molar-refractivity contribution in [1.82, 2.24) is 5.32 Å². The van der Waals surface area contributed by atoms with Crippen LogP contribution in [-0.4, -0.2) is 25.8 Å². The van der Waals surface area contributed by atoms with Crippen molar-refractivity contribution in [2.45, 2.75) is 24.8 Å². The lowest BCUT2D eigenvalue weighted by atomic mass is 9.84. The monoisotopic (exact) mass is 239 g/mol. The topological polar surface area (TPSA) is 21.3 Å². The van der Waals surface area contributed by atoms with Crippen molar-refractivity contribution in [2.75, 3.05) is 20.3 Å². The molecule has 1 fully saturated rings. The van der Waals surface area contributed by atoms with Crippen LogP contribution in [0, 0.1) is 0 Å². The maximum Gasteiger partial charge on any atom is 0.0483 e. The summed E-state index contributed by atoms with van der Waals surface area (Å²) in [6.07, 6.45) is 3.15. The van der Waals surface area contributed by atoms with Crippen molar-refractivity contribution in [2.24, 2.45) is 0 Å². The fourth-order valence-corrected chi connectivity index (χ4v) is 2.53. The molecule has 0 amide bonds. The number of rotatable bonds is 3. The Labute approximate surface area is 102 Å². The molecule has 1 aliphatic heterocycles. The zero-order chi connectivity index (χ0) is 11.4. The SMILES string of the molecule is CNC1(Cc2cccc(Cl)c2)CCOCC1. The first-order valence-corrected chi connectivity index (χ1v) is 6.13. The third-order valence-corrected chi connectivity index (χ3v) is 3.65. The zero-order valence-electron chi connectivity index (χ0n) is 9.63. The van der Waals surface area contributed by atoms with Gasteiger partial charge in [-0.15, -0.1) is 0 Å².